The van der Waals surface area contributed by atoms with Crippen LogP contribution in [0.4, 0.5) is 0 Å². The summed E-state index contributed by atoms with van der Waals surface area (Å²) in [4.78, 5) is 18.2. The first-order chi connectivity index (χ1) is 10.1. The number of halogens is 2. The zero-order valence-electron chi connectivity index (χ0n) is 11.7. The van der Waals surface area contributed by atoms with E-state index < -0.39 is 0 Å². The van der Waals surface area contributed by atoms with Gasteiger partial charge < -0.3 is 0 Å². The number of carbonyl (C=O) groups is 1. The van der Waals surface area contributed by atoms with E-state index in [1.165, 1.54) is 5.56 Å². The van der Waals surface area contributed by atoms with Crippen LogP contribution in [0.1, 0.15) is 15.9 Å². The molecule has 2 aromatic rings. The molecule has 1 aromatic carbocycles. The van der Waals surface area contributed by atoms with Crippen LogP contribution in [0, 0.1) is 0 Å². The van der Waals surface area contributed by atoms with E-state index in [1.54, 1.807) is 30.6 Å². The van der Waals surface area contributed by atoms with Gasteiger partial charge in [0.2, 0.25) is 0 Å². The molecule has 0 N–H and O–H groups in total. The lowest BCUT2D eigenvalue weighted by atomic mass is 10.1. The largest absolute Gasteiger partial charge is 0.299 e. The lowest BCUT2D eigenvalue weighted by Gasteiger charge is -2.16. The van der Waals surface area contributed by atoms with Gasteiger partial charge in [0.15, 0.2) is 5.78 Å². The van der Waals surface area contributed by atoms with E-state index in [0.717, 1.165) is 13.0 Å². The lowest BCUT2D eigenvalue weighted by Crippen LogP contribution is -2.28. The average Bonchev–Trinajstić information content (AvgIpc) is 2.48. The fourth-order valence-electron chi connectivity index (χ4n) is 1.99. The van der Waals surface area contributed by atoms with E-state index in [9.17, 15) is 4.79 Å². The summed E-state index contributed by atoms with van der Waals surface area (Å²) < 4.78 is 0. The second kappa shape index (κ2) is 7.55. The van der Waals surface area contributed by atoms with Gasteiger partial charge in [0, 0.05) is 29.5 Å². The molecule has 0 radical (unpaired) electrons. The summed E-state index contributed by atoms with van der Waals surface area (Å²) in [6.45, 7) is 1.10. The maximum atomic E-state index is 12.2. The summed E-state index contributed by atoms with van der Waals surface area (Å²) in [6.07, 6.45) is 4.41. The Labute approximate surface area is 134 Å². The van der Waals surface area contributed by atoms with Crippen LogP contribution in [0.25, 0.3) is 0 Å². The Kier molecular flexibility index (Phi) is 5.74. The first-order valence-corrected chi connectivity index (χ1v) is 7.37. The predicted molar refractivity (Wildman–Crippen MR) is 86.2 cm³/mol. The van der Waals surface area contributed by atoms with Gasteiger partial charge in [-0.25, -0.2) is 0 Å². The Morgan fingerprint density at radius 3 is 2.62 bits per heavy atom. The van der Waals surface area contributed by atoms with Crippen LogP contribution >= 0.6 is 23.2 Å². The molecule has 0 atom stereocenters. The van der Waals surface area contributed by atoms with Crippen molar-refractivity contribution in [2.45, 2.75) is 6.42 Å². The summed E-state index contributed by atoms with van der Waals surface area (Å²) in [7, 11) is 1.91. The van der Waals surface area contributed by atoms with E-state index in [1.807, 2.05) is 24.1 Å². The Morgan fingerprint density at radius 2 is 1.90 bits per heavy atom. The smallest absolute Gasteiger partial charge is 0.178 e. The van der Waals surface area contributed by atoms with Crippen molar-refractivity contribution < 1.29 is 4.79 Å². The van der Waals surface area contributed by atoms with Crippen LogP contribution in [0.5, 0.6) is 0 Å². The van der Waals surface area contributed by atoms with Gasteiger partial charge in [0.05, 0.1) is 11.6 Å². The number of likely N-dealkylation sites (N-methyl/N-ethyl adjacent to an activating group) is 1. The number of rotatable bonds is 6. The lowest BCUT2D eigenvalue weighted by molar-refractivity contribution is 0.0947. The van der Waals surface area contributed by atoms with Gasteiger partial charge in [-0.2, -0.15) is 0 Å². The number of aromatic nitrogens is 1. The highest BCUT2D eigenvalue weighted by Crippen LogP contribution is 2.21. The van der Waals surface area contributed by atoms with Crippen LogP contribution < -0.4 is 0 Å². The maximum Gasteiger partial charge on any atom is 0.178 e. The fraction of sp³-hybridized carbons (Fsp3) is 0.250. The molecule has 0 unspecified atom stereocenters. The SMILES string of the molecule is CN(CCc1ccncc1)CC(=O)c1cc(Cl)ccc1Cl. The van der Waals surface area contributed by atoms with Gasteiger partial charge in [-0.05, 0) is 49.4 Å². The molecule has 110 valence electrons. The van der Waals surface area contributed by atoms with Crippen LogP contribution in [0.3, 0.4) is 0 Å². The number of hydrogen-bond donors (Lipinski definition) is 0. The predicted octanol–water partition coefficient (Wildman–Crippen LogP) is 3.75. The minimum atomic E-state index is -0.0280. The molecule has 0 spiro atoms. The van der Waals surface area contributed by atoms with Crippen molar-refractivity contribution in [2.24, 2.45) is 0 Å². The highest BCUT2D eigenvalue weighted by molar-refractivity contribution is 6.36. The Hall–Kier alpha value is -1.42. The van der Waals surface area contributed by atoms with Gasteiger partial charge in [-0.3, -0.25) is 14.7 Å². The second-order valence-corrected chi connectivity index (χ2v) is 5.73. The first-order valence-electron chi connectivity index (χ1n) is 6.62. The number of carbonyl (C=O) groups excluding carboxylic acids is 1. The molecule has 0 aliphatic carbocycles. The molecule has 0 amide bonds. The van der Waals surface area contributed by atoms with Crippen molar-refractivity contribution in [2.75, 3.05) is 20.1 Å². The number of hydrogen-bond acceptors (Lipinski definition) is 3. The van der Waals surface area contributed by atoms with E-state index >= 15 is 0 Å². The molecule has 1 aromatic heterocycles. The molecule has 0 aliphatic heterocycles. The monoisotopic (exact) mass is 322 g/mol. The molecular weight excluding hydrogens is 307 g/mol. The van der Waals surface area contributed by atoms with E-state index in [4.69, 9.17) is 23.2 Å². The van der Waals surface area contributed by atoms with E-state index in [-0.39, 0.29) is 5.78 Å². The maximum absolute atomic E-state index is 12.2. The van der Waals surface area contributed by atoms with Crippen molar-refractivity contribution >= 4 is 29.0 Å². The van der Waals surface area contributed by atoms with Gasteiger partial charge >= 0.3 is 0 Å². The quantitative estimate of drug-likeness (QED) is 0.759. The third kappa shape index (κ3) is 4.81. The summed E-state index contributed by atoms with van der Waals surface area (Å²) in [5.41, 5.74) is 1.67. The van der Waals surface area contributed by atoms with Crippen LogP contribution in [-0.4, -0.2) is 35.8 Å². The van der Waals surface area contributed by atoms with Gasteiger partial charge in [-0.15, -0.1) is 0 Å². The molecular formula is C16H16Cl2N2O. The number of pyridine rings is 1. The molecule has 0 fully saturated rings. The fourth-order valence-corrected chi connectivity index (χ4v) is 2.39. The van der Waals surface area contributed by atoms with Crippen molar-refractivity contribution in [3.63, 3.8) is 0 Å². The third-order valence-electron chi connectivity index (χ3n) is 3.17. The van der Waals surface area contributed by atoms with Gasteiger partial charge in [0.25, 0.3) is 0 Å². The number of ketones is 1. The summed E-state index contributed by atoms with van der Waals surface area (Å²) in [6, 6.07) is 8.89. The van der Waals surface area contributed by atoms with E-state index in [0.29, 0.717) is 22.2 Å². The minimum absolute atomic E-state index is 0.0280. The molecule has 3 nitrogen and oxygen atoms in total. The molecule has 1 heterocycles. The van der Waals surface area contributed by atoms with Gasteiger partial charge in [-0.1, -0.05) is 23.2 Å². The third-order valence-corrected chi connectivity index (χ3v) is 3.74. The summed E-state index contributed by atoms with van der Waals surface area (Å²) >= 11 is 12.0. The average molecular weight is 323 g/mol. The van der Waals surface area contributed by atoms with E-state index in [2.05, 4.69) is 4.98 Å². The molecule has 0 saturated carbocycles. The van der Waals surface area contributed by atoms with Gasteiger partial charge in [0.1, 0.15) is 0 Å². The zero-order valence-corrected chi connectivity index (χ0v) is 13.2. The molecule has 2 rings (SSSR count). The van der Waals surface area contributed by atoms with Crippen molar-refractivity contribution in [1.29, 1.82) is 0 Å². The summed E-state index contributed by atoms with van der Waals surface area (Å²) in [5, 5.41) is 0.953. The van der Waals surface area contributed by atoms with Crippen molar-refractivity contribution in [3.8, 4) is 0 Å². The standard InChI is InChI=1S/C16H16Cl2N2O/c1-20(9-6-12-4-7-19-8-5-12)11-16(21)14-10-13(17)2-3-15(14)18/h2-5,7-8,10H,6,9,11H2,1H3. The highest BCUT2D eigenvalue weighted by atomic mass is 35.5. The molecule has 21 heavy (non-hydrogen) atoms. The second-order valence-electron chi connectivity index (χ2n) is 4.89. The molecule has 5 heteroatoms. The molecule has 0 bridgehead atoms. The Morgan fingerprint density at radius 1 is 1.19 bits per heavy atom. The van der Waals surface area contributed by atoms with Crippen LogP contribution in [0.15, 0.2) is 42.7 Å². The van der Waals surface area contributed by atoms with Crippen LogP contribution in [-0.2, 0) is 6.42 Å². The molecule has 0 aliphatic rings. The number of nitrogens with zero attached hydrogens (tertiary/aromatic N) is 2. The first kappa shape index (κ1) is 16.0. The number of Topliss-reactive ketones (excluding diaryl/α,β-unsaturated/α-hetero) is 1. The Balaban J connectivity index is 1.91. The van der Waals surface area contributed by atoms with Crippen molar-refractivity contribution in [1.82, 2.24) is 9.88 Å². The van der Waals surface area contributed by atoms with Crippen molar-refractivity contribution in [3.05, 3.63) is 63.9 Å². The topological polar surface area (TPSA) is 33.2 Å². The molecule has 0 saturated heterocycles. The number of benzene rings is 1. The zero-order chi connectivity index (χ0) is 15.2. The summed E-state index contributed by atoms with van der Waals surface area (Å²) in [5.74, 6) is -0.0280. The highest BCUT2D eigenvalue weighted by Gasteiger charge is 2.13. The van der Waals surface area contributed by atoms with Crippen LogP contribution in [0.2, 0.25) is 10.0 Å². The minimum Gasteiger partial charge on any atom is -0.299 e. The normalized spacial score (nSPS) is 10.9. The Bertz CT molecular complexity index is 617.